The van der Waals surface area contributed by atoms with Crippen LogP contribution in [0, 0.1) is 5.82 Å². The third-order valence-corrected chi connectivity index (χ3v) is 5.07. The normalized spacial score (nSPS) is 16.4. The predicted molar refractivity (Wildman–Crippen MR) is 117 cm³/mol. The molecule has 1 aromatic carbocycles. The van der Waals surface area contributed by atoms with Crippen molar-refractivity contribution in [2.24, 2.45) is 4.99 Å². The Morgan fingerprint density at radius 1 is 1.36 bits per heavy atom. The standard InChI is InChI=1S/C18H28BrFN4.HI/c1-3-4-9-24-10-7-15(8-11-24)23-18(21-2)22-13-14-5-6-16(19)17(20)12-14;/h5-6,12,15H,3-4,7-11,13H2,1-2H3,(H2,21,22,23);1H. The maximum absolute atomic E-state index is 13.6. The average molecular weight is 527 g/mol. The fraction of sp³-hybridized carbons (Fsp3) is 0.611. The molecule has 1 aromatic rings. The van der Waals surface area contributed by atoms with Gasteiger partial charge in [0.15, 0.2) is 5.96 Å². The Morgan fingerprint density at radius 2 is 2.08 bits per heavy atom. The lowest BCUT2D eigenvalue weighted by Gasteiger charge is -2.33. The van der Waals surface area contributed by atoms with Crippen molar-refractivity contribution in [1.82, 2.24) is 15.5 Å². The van der Waals surface area contributed by atoms with Gasteiger partial charge in [-0.2, -0.15) is 0 Å². The van der Waals surface area contributed by atoms with Gasteiger partial charge in [0, 0.05) is 32.7 Å². The van der Waals surface area contributed by atoms with Crippen LogP contribution in [0.4, 0.5) is 4.39 Å². The van der Waals surface area contributed by atoms with Gasteiger partial charge in [-0.25, -0.2) is 4.39 Å². The second-order valence-electron chi connectivity index (χ2n) is 6.29. The van der Waals surface area contributed by atoms with Crippen LogP contribution in [0.15, 0.2) is 27.7 Å². The van der Waals surface area contributed by atoms with E-state index in [1.54, 1.807) is 13.1 Å². The first kappa shape index (κ1) is 22.6. The number of unbranched alkanes of at least 4 members (excludes halogenated alkanes) is 1. The van der Waals surface area contributed by atoms with Crippen LogP contribution in [0.1, 0.15) is 38.2 Å². The van der Waals surface area contributed by atoms with Gasteiger partial charge < -0.3 is 15.5 Å². The highest BCUT2D eigenvalue weighted by Crippen LogP contribution is 2.16. The second kappa shape index (κ2) is 12.1. The minimum atomic E-state index is -0.239. The van der Waals surface area contributed by atoms with Crippen LogP contribution in [-0.2, 0) is 6.54 Å². The lowest BCUT2D eigenvalue weighted by atomic mass is 10.0. The molecular weight excluding hydrogens is 498 g/mol. The van der Waals surface area contributed by atoms with Crippen LogP contribution in [0.3, 0.4) is 0 Å². The van der Waals surface area contributed by atoms with Crippen molar-refractivity contribution in [2.45, 2.75) is 45.2 Å². The van der Waals surface area contributed by atoms with Gasteiger partial charge in [-0.3, -0.25) is 4.99 Å². The number of aliphatic imine (C=N–C) groups is 1. The fourth-order valence-electron chi connectivity index (χ4n) is 2.91. The van der Waals surface area contributed by atoms with Gasteiger partial charge in [-0.05, 0) is 59.4 Å². The molecule has 7 heteroatoms. The molecule has 2 rings (SSSR count). The summed E-state index contributed by atoms with van der Waals surface area (Å²) in [6.07, 6.45) is 4.81. The molecule has 1 fully saturated rings. The molecule has 0 unspecified atom stereocenters. The number of rotatable bonds is 6. The SMILES string of the molecule is CCCCN1CCC(NC(=NC)NCc2ccc(Br)c(F)c2)CC1.I. The molecule has 4 nitrogen and oxygen atoms in total. The summed E-state index contributed by atoms with van der Waals surface area (Å²) >= 11 is 3.17. The average Bonchev–Trinajstić information content (AvgIpc) is 2.60. The number of halogens is 3. The third-order valence-electron chi connectivity index (χ3n) is 4.42. The maximum Gasteiger partial charge on any atom is 0.191 e. The second-order valence-corrected chi connectivity index (χ2v) is 7.14. The van der Waals surface area contributed by atoms with Crippen LogP contribution >= 0.6 is 39.9 Å². The molecule has 0 aromatic heterocycles. The maximum atomic E-state index is 13.6. The lowest BCUT2D eigenvalue weighted by molar-refractivity contribution is 0.203. The van der Waals surface area contributed by atoms with Gasteiger partial charge in [-0.15, -0.1) is 24.0 Å². The molecule has 1 aliphatic rings. The topological polar surface area (TPSA) is 39.7 Å². The van der Waals surface area contributed by atoms with Crippen LogP contribution in [-0.4, -0.2) is 43.6 Å². The minimum absolute atomic E-state index is 0. The first-order chi connectivity index (χ1) is 11.6. The van der Waals surface area contributed by atoms with Crippen molar-refractivity contribution < 1.29 is 4.39 Å². The molecule has 1 aliphatic heterocycles. The predicted octanol–water partition coefficient (Wildman–Crippen LogP) is 4.14. The van der Waals surface area contributed by atoms with Crippen molar-refractivity contribution in [3.63, 3.8) is 0 Å². The number of piperidine rings is 1. The monoisotopic (exact) mass is 526 g/mol. The molecular formula is C18H29BrFIN4. The molecule has 0 aliphatic carbocycles. The zero-order chi connectivity index (χ0) is 17.4. The highest BCUT2D eigenvalue weighted by molar-refractivity contribution is 14.0. The Bertz CT molecular complexity index is 548. The summed E-state index contributed by atoms with van der Waals surface area (Å²) in [5, 5.41) is 6.76. The van der Waals surface area contributed by atoms with E-state index >= 15 is 0 Å². The Balaban J connectivity index is 0.00000312. The van der Waals surface area contributed by atoms with Crippen LogP contribution in [0.5, 0.6) is 0 Å². The Hall–Kier alpha value is -0.410. The van der Waals surface area contributed by atoms with E-state index in [2.05, 4.69) is 43.4 Å². The van der Waals surface area contributed by atoms with Crippen molar-refractivity contribution in [3.05, 3.63) is 34.1 Å². The molecule has 0 saturated carbocycles. The summed E-state index contributed by atoms with van der Waals surface area (Å²) < 4.78 is 14.0. The van der Waals surface area contributed by atoms with Crippen molar-refractivity contribution in [3.8, 4) is 0 Å². The first-order valence-electron chi connectivity index (χ1n) is 8.75. The van der Waals surface area contributed by atoms with Gasteiger partial charge in [0.2, 0.25) is 0 Å². The highest BCUT2D eigenvalue weighted by atomic mass is 127. The molecule has 0 bridgehead atoms. The van der Waals surface area contributed by atoms with Crippen LogP contribution < -0.4 is 10.6 Å². The van der Waals surface area contributed by atoms with Crippen LogP contribution in [0.25, 0.3) is 0 Å². The lowest BCUT2D eigenvalue weighted by Crippen LogP contribution is -2.48. The number of nitrogens with zero attached hydrogens (tertiary/aromatic N) is 2. The smallest absolute Gasteiger partial charge is 0.191 e. The van der Waals surface area contributed by atoms with Gasteiger partial charge in [0.1, 0.15) is 5.82 Å². The molecule has 0 atom stereocenters. The Kier molecular flexibility index (Phi) is 10.9. The number of nitrogens with one attached hydrogen (secondary N) is 2. The third kappa shape index (κ3) is 7.78. The molecule has 0 radical (unpaired) electrons. The van der Waals surface area contributed by atoms with E-state index in [1.807, 2.05) is 6.07 Å². The molecule has 142 valence electrons. The van der Waals surface area contributed by atoms with E-state index in [4.69, 9.17) is 0 Å². The molecule has 0 amide bonds. The fourth-order valence-corrected chi connectivity index (χ4v) is 3.15. The summed E-state index contributed by atoms with van der Waals surface area (Å²) in [5.74, 6) is 0.544. The number of guanidine groups is 1. The highest BCUT2D eigenvalue weighted by Gasteiger charge is 2.19. The van der Waals surface area contributed by atoms with E-state index < -0.39 is 0 Å². The summed E-state index contributed by atoms with van der Waals surface area (Å²) in [7, 11) is 1.77. The Labute approximate surface area is 176 Å². The van der Waals surface area contributed by atoms with Gasteiger partial charge in [-0.1, -0.05) is 19.4 Å². The largest absolute Gasteiger partial charge is 0.354 e. The Morgan fingerprint density at radius 3 is 2.68 bits per heavy atom. The van der Waals surface area contributed by atoms with Gasteiger partial charge >= 0.3 is 0 Å². The summed E-state index contributed by atoms with van der Waals surface area (Å²) in [4.78, 5) is 6.83. The van der Waals surface area contributed by atoms with E-state index in [0.717, 1.165) is 37.5 Å². The molecule has 1 heterocycles. The zero-order valence-corrected chi connectivity index (χ0v) is 18.9. The molecule has 2 N–H and O–H groups in total. The number of hydrogen-bond acceptors (Lipinski definition) is 2. The molecule has 0 spiro atoms. The molecule has 25 heavy (non-hydrogen) atoms. The number of benzene rings is 1. The van der Waals surface area contributed by atoms with Crippen molar-refractivity contribution in [1.29, 1.82) is 0 Å². The van der Waals surface area contributed by atoms with Crippen molar-refractivity contribution >= 4 is 45.9 Å². The quantitative estimate of drug-likeness (QED) is 0.332. The van der Waals surface area contributed by atoms with Crippen LogP contribution in [0.2, 0.25) is 0 Å². The van der Waals surface area contributed by atoms with Gasteiger partial charge in [0.25, 0.3) is 0 Å². The first-order valence-corrected chi connectivity index (χ1v) is 9.55. The summed E-state index contributed by atoms with van der Waals surface area (Å²) in [6, 6.07) is 5.63. The molecule has 1 saturated heterocycles. The minimum Gasteiger partial charge on any atom is -0.354 e. The van der Waals surface area contributed by atoms with E-state index in [0.29, 0.717) is 17.1 Å². The summed E-state index contributed by atoms with van der Waals surface area (Å²) in [6.45, 7) is 6.30. The van der Waals surface area contributed by atoms with E-state index in [-0.39, 0.29) is 29.8 Å². The summed E-state index contributed by atoms with van der Waals surface area (Å²) in [5.41, 5.74) is 0.896. The zero-order valence-electron chi connectivity index (χ0n) is 15.0. The van der Waals surface area contributed by atoms with Gasteiger partial charge in [0.05, 0.1) is 4.47 Å². The van der Waals surface area contributed by atoms with E-state index in [1.165, 1.54) is 25.5 Å². The van der Waals surface area contributed by atoms with Crippen molar-refractivity contribution in [2.75, 3.05) is 26.7 Å². The number of likely N-dealkylation sites (tertiary alicyclic amines) is 1. The van der Waals surface area contributed by atoms with E-state index in [9.17, 15) is 4.39 Å². The number of hydrogen-bond donors (Lipinski definition) is 2.